The van der Waals surface area contributed by atoms with Crippen LogP contribution in [0.25, 0.3) is 0 Å². The van der Waals surface area contributed by atoms with Gasteiger partial charge in [0.15, 0.2) is 0 Å². The van der Waals surface area contributed by atoms with E-state index in [1.807, 2.05) is 0 Å². The normalized spacial score (nSPS) is 16.3. The first-order valence-corrected chi connectivity index (χ1v) is 5.76. The standard InChI is InChI=1S/C10H13NO3S/c1-14-5-7-8(10(12)13)15-9(11-7)6-3-2-4-6/h6H,2-5H2,1H3,(H,12,13). The first kappa shape index (κ1) is 10.6. The number of thiazole rings is 1. The molecule has 0 spiro atoms. The fraction of sp³-hybridized carbons (Fsp3) is 0.600. The summed E-state index contributed by atoms with van der Waals surface area (Å²) in [5.74, 6) is -0.413. The summed E-state index contributed by atoms with van der Waals surface area (Å²) in [7, 11) is 1.55. The Morgan fingerprint density at radius 1 is 1.67 bits per heavy atom. The lowest BCUT2D eigenvalue weighted by molar-refractivity contribution is 0.0697. The molecule has 0 aliphatic heterocycles. The van der Waals surface area contributed by atoms with Crippen LogP contribution in [0.1, 0.15) is 45.6 Å². The molecule has 2 rings (SSSR count). The lowest BCUT2D eigenvalue weighted by Crippen LogP contribution is -2.08. The summed E-state index contributed by atoms with van der Waals surface area (Å²) in [5, 5.41) is 9.96. The van der Waals surface area contributed by atoms with Gasteiger partial charge in [0.25, 0.3) is 0 Å². The maximum Gasteiger partial charge on any atom is 0.347 e. The van der Waals surface area contributed by atoms with E-state index >= 15 is 0 Å². The van der Waals surface area contributed by atoms with Gasteiger partial charge >= 0.3 is 5.97 Å². The van der Waals surface area contributed by atoms with Crippen LogP contribution in [-0.4, -0.2) is 23.2 Å². The SMILES string of the molecule is COCc1nc(C2CCC2)sc1C(=O)O. The first-order valence-electron chi connectivity index (χ1n) is 4.94. The van der Waals surface area contributed by atoms with Crippen LogP contribution in [0, 0.1) is 0 Å². The molecule has 0 saturated heterocycles. The van der Waals surface area contributed by atoms with Crippen LogP contribution < -0.4 is 0 Å². The molecule has 1 N–H and O–H groups in total. The molecule has 4 nitrogen and oxygen atoms in total. The molecular weight excluding hydrogens is 214 g/mol. The van der Waals surface area contributed by atoms with Crippen LogP contribution >= 0.6 is 11.3 Å². The van der Waals surface area contributed by atoms with Gasteiger partial charge in [-0.15, -0.1) is 11.3 Å². The van der Waals surface area contributed by atoms with Gasteiger partial charge in [0, 0.05) is 13.0 Å². The molecule has 0 radical (unpaired) electrons. The molecule has 1 heterocycles. The van der Waals surface area contributed by atoms with E-state index in [-0.39, 0.29) is 6.61 Å². The molecular formula is C10H13NO3S. The van der Waals surface area contributed by atoms with E-state index in [0.29, 0.717) is 16.5 Å². The van der Waals surface area contributed by atoms with E-state index < -0.39 is 5.97 Å². The summed E-state index contributed by atoms with van der Waals surface area (Å²) in [6.45, 7) is 0.283. The third-order valence-electron chi connectivity index (χ3n) is 2.64. The van der Waals surface area contributed by atoms with Crippen LogP contribution in [0.2, 0.25) is 0 Å². The fourth-order valence-electron chi connectivity index (χ4n) is 1.60. The zero-order valence-electron chi connectivity index (χ0n) is 8.52. The van der Waals surface area contributed by atoms with Gasteiger partial charge in [0.2, 0.25) is 0 Å². The Morgan fingerprint density at radius 2 is 2.40 bits per heavy atom. The molecule has 0 amide bonds. The predicted molar refractivity (Wildman–Crippen MR) is 56.4 cm³/mol. The Balaban J connectivity index is 2.26. The van der Waals surface area contributed by atoms with E-state index in [1.165, 1.54) is 17.8 Å². The number of rotatable bonds is 4. The van der Waals surface area contributed by atoms with Crippen LogP contribution in [0.4, 0.5) is 0 Å². The maximum absolute atomic E-state index is 11.0. The van der Waals surface area contributed by atoms with Gasteiger partial charge in [-0.25, -0.2) is 9.78 Å². The van der Waals surface area contributed by atoms with Gasteiger partial charge in [0.05, 0.1) is 17.3 Å². The van der Waals surface area contributed by atoms with Crippen molar-refractivity contribution in [3.8, 4) is 0 Å². The minimum absolute atomic E-state index is 0.283. The minimum atomic E-state index is -0.898. The number of methoxy groups -OCH3 is 1. The molecule has 0 atom stereocenters. The molecule has 1 aliphatic rings. The average Bonchev–Trinajstić information content (AvgIpc) is 2.46. The smallest absolute Gasteiger partial charge is 0.347 e. The molecule has 1 aliphatic carbocycles. The Kier molecular flexibility index (Phi) is 3.02. The third-order valence-corrected chi connectivity index (χ3v) is 3.89. The predicted octanol–water partition coefficient (Wildman–Crippen LogP) is 2.26. The highest BCUT2D eigenvalue weighted by molar-refractivity contribution is 7.13. The number of carbonyl (C=O) groups is 1. The van der Waals surface area contributed by atoms with E-state index in [1.54, 1.807) is 7.11 Å². The highest BCUT2D eigenvalue weighted by atomic mass is 32.1. The monoisotopic (exact) mass is 227 g/mol. The summed E-state index contributed by atoms with van der Waals surface area (Å²) < 4.78 is 4.94. The van der Waals surface area contributed by atoms with Crippen molar-refractivity contribution in [3.63, 3.8) is 0 Å². The molecule has 0 bridgehead atoms. The molecule has 0 unspecified atom stereocenters. The Morgan fingerprint density at radius 3 is 2.87 bits per heavy atom. The van der Waals surface area contributed by atoms with E-state index in [9.17, 15) is 4.79 Å². The van der Waals surface area contributed by atoms with Crippen molar-refractivity contribution in [1.29, 1.82) is 0 Å². The van der Waals surface area contributed by atoms with Gasteiger partial charge in [-0.3, -0.25) is 0 Å². The van der Waals surface area contributed by atoms with Gasteiger partial charge < -0.3 is 9.84 Å². The molecule has 15 heavy (non-hydrogen) atoms. The largest absolute Gasteiger partial charge is 0.477 e. The van der Waals surface area contributed by atoms with Crippen LogP contribution in [0.3, 0.4) is 0 Å². The van der Waals surface area contributed by atoms with Crippen LogP contribution in [0.5, 0.6) is 0 Å². The summed E-state index contributed by atoms with van der Waals surface area (Å²) in [6, 6.07) is 0. The van der Waals surface area contributed by atoms with Gasteiger partial charge in [-0.1, -0.05) is 6.42 Å². The second kappa shape index (κ2) is 4.28. The Hall–Kier alpha value is -0.940. The van der Waals surface area contributed by atoms with Crippen molar-refractivity contribution in [2.24, 2.45) is 0 Å². The lowest BCUT2D eigenvalue weighted by Gasteiger charge is -2.22. The number of aromatic nitrogens is 1. The van der Waals surface area contributed by atoms with Crippen molar-refractivity contribution in [3.05, 3.63) is 15.6 Å². The van der Waals surface area contributed by atoms with Crippen LogP contribution in [0.15, 0.2) is 0 Å². The number of hydrogen-bond donors (Lipinski definition) is 1. The molecule has 1 fully saturated rings. The minimum Gasteiger partial charge on any atom is -0.477 e. The van der Waals surface area contributed by atoms with Crippen molar-refractivity contribution < 1.29 is 14.6 Å². The fourth-order valence-corrected chi connectivity index (χ4v) is 2.68. The Bertz CT molecular complexity index is 371. The highest BCUT2D eigenvalue weighted by Crippen LogP contribution is 2.39. The first-order chi connectivity index (χ1) is 7.22. The number of hydrogen-bond acceptors (Lipinski definition) is 4. The van der Waals surface area contributed by atoms with E-state index in [4.69, 9.17) is 9.84 Å². The maximum atomic E-state index is 11.0. The quantitative estimate of drug-likeness (QED) is 0.857. The van der Waals surface area contributed by atoms with Crippen LogP contribution in [-0.2, 0) is 11.3 Å². The van der Waals surface area contributed by atoms with Crippen molar-refractivity contribution in [2.75, 3.05) is 7.11 Å². The number of ether oxygens (including phenoxy) is 1. The lowest BCUT2D eigenvalue weighted by atomic mass is 9.86. The van der Waals surface area contributed by atoms with Gasteiger partial charge in [0.1, 0.15) is 4.88 Å². The number of carboxylic acid groups (broad SMARTS) is 1. The summed E-state index contributed by atoms with van der Waals surface area (Å²) >= 11 is 1.30. The number of carboxylic acids is 1. The molecule has 1 aromatic heterocycles. The summed E-state index contributed by atoms with van der Waals surface area (Å²) in [4.78, 5) is 15.6. The molecule has 1 aromatic rings. The second-order valence-electron chi connectivity index (χ2n) is 3.69. The zero-order chi connectivity index (χ0) is 10.8. The Labute approximate surface area is 91.9 Å². The molecule has 82 valence electrons. The van der Waals surface area contributed by atoms with E-state index in [0.717, 1.165) is 17.8 Å². The third kappa shape index (κ3) is 2.03. The zero-order valence-corrected chi connectivity index (χ0v) is 9.34. The van der Waals surface area contributed by atoms with Crippen molar-refractivity contribution in [2.45, 2.75) is 31.8 Å². The number of aromatic carboxylic acids is 1. The molecule has 1 saturated carbocycles. The average molecular weight is 227 g/mol. The summed E-state index contributed by atoms with van der Waals surface area (Å²) in [5.41, 5.74) is 0.567. The highest BCUT2D eigenvalue weighted by Gasteiger charge is 2.26. The van der Waals surface area contributed by atoms with E-state index in [2.05, 4.69) is 4.98 Å². The summed E-state index contributed by atoms with van der Waals surface area (Å²) in [6.07, 6.45) is 3.50. The topological polar surface area (TPSA) is 59.4 Å². The van der Waals surface area contributed by atoms with Gasteiger partial charge in [-0.05, 0) is 12.8 Å². The molecule has 0 aromatic carbocycles. The van der Waals surface area contributed by atoms with Crippen molar-refractivity contribution >= 4 is 17.3 Å². The van der Waals surface area contributed by atoms with Gasteiger partial charge in [-0.2, -0.15) is 0 Å². The molecule has 5 heteroatoms. The number of nitrogens with zero attached hydrogens (tertiary/aromatic N) is 1. The van der Waals surface area contributed by atoms with Crippen molar-refractivity contribution in [1.82, 2.24) is 4.98 Å². The second-order valence-corrected chi connectivity index (χ2v) is 4.72.